The van der Waals surface area contributed by atoms with Crippen LogP contribution in [0.1, 0.15) is 25.3 Å². The van der Waals surface area contributed by atoms with E-state index in [0.29, 0.717) is 0 Å². The van der Waals surface area contributed by atoms with Gasteiger partial charge < -0.3 is 9.47 Å². The summed E-state index contributed by atoms with van der Waals surface area (Å²) in [6.45, 7) is 4.07. The molecule has 0 saturated heterocycles. The summed E-state index contributed by atoms with van der Waals surface area (Å²) in [6, 6.07) is 4.55. The molecule has 5 heteroatoms. The Balaban J connectivity index is 0.00000256. The Morgan fingerprint density at radius 3 is 2.47 bits per heavy atom. The Bertz CT molecular complexity index is 438. The maximum Gasteiger partial charge on any atom is 0.241 e. The normalized spacial score (nSPS) is 9.94. The molecule has 1 rings (SSSR count). The number of carbonyl (C=O) groups is 1. The van der Waals surface area contributed by atoms with Crippen LogP contribution in [0.15, 0.2) is 17.1 Å². The molecule has 0 saturated carbocycles. The van der Waals surface area contributed by atoms with E-state index in [1.807, 2.05) is 13.8 Å². The van der Waals surface area contributed by atoms with Gasteiger partial charge in [-0.15, -0.1) is 6.07 Å². The maximum absolute atomic E-state index is 11.7. The van der Waals surface area contributed by atoms with E-state index in [0.717, 1.165) is 5.56 Å². The molecule has 0 aliphatic carbocycles. The average Bonchev–Trinajstić information content (AvgIpc) is 2.20. The topological polar surface area (TPSA) is 42.3 Å². The van der Waals surface area contributed by atoms with Crippen LogP contribution in [0.4, 0.5) is 0 Å². The van der Waals surface area contributed by atoms with Gasteiger partial charge in [0.25, 0.3) is 0 Å². The van der Waals surface area contributed by atoms with Crippen molar-refractivity contribution in [3.8, 4) is 0 Å². The van der Waals surface area contributed by atoms with Crippen LogP contribution in [0.3, 0.4) is 0 Å². The zero-order valence-corrected chi connectivity index (χ0v) is 13.6. The van der Waals surface area contributed by atoms with Gasteiger partial charge in [0, 0.05) is 46.8 Å². The van der Waals surface area contributed by atoms with Gasteiger partial charge in [-0.3, -0.25) is 9.59 Å². The third-order valence-corrected chi connectivity index (χ3v) is 2.38. The fraction of sp³-hybridized carbons (Fsp3) is 0.500. The van der Waals surface area contributed by atoms with Gasteiger partial charge in [-0.25, -0.2) is 11.6 Å². The minimum atomic E-state index is -0.155. The number of amides is 1. The van der Waals surface area contributed by atoms with Gasteiger partial charge >= 0.3 is 0 Å². The Hall–Kier alpha value is -0.476. The molecule has 1 amide bonds. The van der Waals surface area contributed by atoms with E-state index < -0.39 is 0 Å². The average molecular weight is 310 g/mol. The minimum Gasteiger partial charge on any atom is -0.347 e. The third kappa shape index (κ3) is 4.72. The van der Waals surface area contributed by atoms with E-state index >= 15 is 0 Å². The number of rotatable bonds is 3. The second-order valence-electron chi connectivity index (χ2n) is 4.28. The summed E-state index contributed by atoms with van der Waals surface area (Å²) in [6.07, 6.45) is 1.55. The van der Waals surface area contributed by atoms with E-state index in [2.05, 4.69) is 6.07 Å². The number of hydrogen-bond acceptors (Lipinski definition) is 2. The van der Waals surface area contributed by atoms with Crippen LogP contribution >= 0.6 is 0 Å². The molecule has 1 radical (unpaired) electrons. The first-order chi connectivity index (χ1) is 7.41. The third-order valence-electron chi connectivity index (χ3n) is 2.38. The predicted molar refractivity (Wildman–Crippen MR) is 62.3 cm³/mol. The molecule has 4 nitrogen and oxygen atoms in total. The number of nitrogens with zero attached hydrogens (tertiary/aromatic N) is 2. The van der Waals surface area contributed by atoms with Crippen LogP contribution in [-0.2, 0) is 44.0 Å². The number of pyridine rings is 1. The molecule has 0 unspecified atom stereocenters. The van der Waals surface area contributed by atoms with Gasteiger partial charge in [-0.1, -0.05) is 26.0 Å². The van der Waals surface area contributed by atoms with Crippen LogP contribution in [-0.4, -0.2) is 29.5 Å². The Labute approximate surface area is 127 Å². The van der Waals surface area contributed by atoms with Crippen molar-refractivity contribution < 1.29 is 37.5 Å². The summed E-state index contributed by atoms with van der Waals surface area (Å²) in [4.78, 5) is 24.6. The zero-order valence-electron chi connectivity index (χ0n) is 10.7. The summed E-state index contributed by atoms with van der Waals surface area (Å²) in [5.41, 5.74) is 0.719. The largest absolute Gasteiger partial charge is 0.347 e. The van der Waals surface area contributed by atoms with Crippen molar-refractivity contribution in [2.24, 2.45) is 0 Å². The molecule has 0 atom stereocenters. The molecule has 0 spiro atoms. The van der Waals surface area contributed by atoms with Gasteiger partial charge in [-0.2, -0.15) is 0 Å². The minimum absolute atomic E-state index is 0. The smallest absolute Gasteiger partial charge is 0.241 e. The first-order valence-electron chi connectivity index (χ1n) is 5.24. The summed E-state index contributed by atoms with van der Waals surface area (Å²) >= 11 is 0. The van der Waals surface area contributed by atoms with Gasteiger partial charge in [0.05, 0.1) is 0 Å². The van der Waals surface area contributed by atoms with Crippen LogP contribution in [0.25, 0.3) is 0 Å². The van der Waals surface area contributed by atoms with Crippen molar-refractivity contribution in [3.63, 3.8) is 0 Å². The fourth-order valence-electron chi connectivity index (χ4n) is 1.22. The van der Waals surface area contributed by atoms with Gasteiger partial charge in [0.1, 0.15) is 6.54 Å². The Kier molecular flexibility index (Phi) is 6.87. The fourth-order valence-corrected chi connectivity index (χ4v) is 1.22. The molecule has 0 aliphatic rings. The first-order valence-corrected chi connectivity index (χ1v) is 5.24. The zero-order chi connectivity index (χ0) is 12.3. The van der Waals surface area contributed by atoms with E-state index in [-0.39, 0.29) is 56.6 Å². The summed E-state index contributed by atoms with van der Waals surface area (Å²) < 4.78 is 1.37. The molecule has 0 N–H and O–H groups in total. The molecular weight excluding hydrogens is 293 g/mol. The molecule has 1 aromatic rings. The molecular formula is C12H17N2O2Y-. The molecule has 0 aromatic carbocycles. The molecule has 0 fully saturated rings. The molecule has 1 heterocycles. The van der Waals surface area contributed by atoms with Crippen molar-refractivity contribution in [3.05, 3.63) is 34.2 Å². The van der Waals surface area contributed by atoms with Crippen molar-refractivity contribution >= 4 is 5.91 Å². The molecule has 17 heavy (non-hydrogen) atoms. The van der Waals surface area contributed by atoms with Crippen LogP contribution in [0.2, 0.25) is 0 Å². The molecule has 91 valence electrons. The van der Waals surface area contributed by atoms with Crippen LogP contribution in [0, 0.1) is 6.07 Å². The molecule has 0 aliphatic heterocycles. The molecule has 0 bridgehead atoms. The van der Waals surface area contributed by atoms with Gasteiger partial charge in [0.15, 0.2) is 5.56 Å². The van der Waals surface area contributed by atoms with Crippen molar-refractivity contribution in [1.29, 1.82) is 0 Å². The van der Waals surface area contributed by atoms with Crippen molar-refractivity contribution in [2.75, 3.05) is 14.1 Å². The maximum atomic E-state index is 11.7. The quantitative estimate of drug-likeness (QED) is 0.777. The van der Waals surface area contributed by atoms with E-state index in [9.17, 15) is 9.59 Å². The number of aromatic nitrogens is 1. The first kappa shape index (κ1) is 16.5. The van der Waals surface area contributed by atoms with E-state index in [1.54, 1.807) is 20.3 Å². The Morgan fingerprint density at radius 1 is 1.47 bits per heavy atom. The number of carbonyl (C=O) groups excluding carboxylic acids is 1. The Morgan fingerprint density at radius 2 is 2.06 bits per heavy atom. The second-order valence-corrected chi connectivity index (χ2v) is 4.28. The van der Waals surface area contributed by atoms with E-state index in [4.69, 9.17) is 0 Å². The van der Waals surface area contributed by atoms with Crippen LogP contribution in [0.5, 0.6) is 0 Å². The SMILES string of the molecule is CC(C)c1[c-]cn(CC(=O)N(C)C)c(=O)c1.[Y]. The second kappa shape index (κ2) is 7.07. The number of hydrogen-bond donors (Lipinski definition) is 0. The van der Waals surface area contributed by atoms with Crippen molar-refractivity contribution in [2.45, 2.75) is 26.3 Å². The summed E-state index contributed by atoms with van der Waals surface area (Å²) in [7, 11) is 3.33. The van der Waals surface area contributed by atoms with Gasteiger partial charge in [0.2, 0.25) is 5.91 Å². The summed E-state index contributed by atoms with van der Waals surface area (Å²) in [5.74, 6) is 0.166. The molecule has 1 aromatic heterocycles. The van der Waals surface area contributed by atoms with E-state index in [1.165, 1.54) is 15.5 Å². The summed E-state index contributed by atoms with van der Waals surface area (Å²) in [5, 5.41) is 0. The standard InChI is InChI=1S/C12H17N2O2.Y/c1-9(2)10-5-6-14(11(15)7-10)8-12(16)13(3)4;/h6-7,9H,8H2,1-4H3;/q-1;. The van der Waals surface area contributed by atoms with Crippen LogP contribution < -0.4 is 5.56 Å². The van der Waals surface area contributed by atoms with Gasteiger partial charge in [-0.05, 0) is 0 Å². The predicted octanol–water partition coefficient (Wildman–Crippen LogP) is 0.858. The monoisotopic (exact) mass is 310 g/mol. The number of likely N-dealkylation sites (N-methyl/N-ethyl adjacent to an activating group) is 1. The van der Waals surface area contributed by atoms with Crippen molar-refractivity contribution in [1.82, 2.24) is 9.47 Å².